The second kappa shape index (κ2) is 6.38. The van der Waals surface area contributed by atoms with Crippen molar-refractivity contribution in [1.82, 2.24) is 10.2 Å². The van der Waals surface area contributed by atoms with Gasteiger partial charge in [-0.15, -0.1) is 0 Å². The number of piperidine rings is 1. The Kier molecular flexibility index (Phi) is 5.08. The molecule has 0 aromatic carbocycles. The van der Waals surface area contributed by atoms with Crippen molar-refractivity contribution in [3.63, 3.8) is 0 Å². The van der Waals surface area contributed by atoms with E-state index in [4.69, 9.17) is 0 Å². The molecule has 0 amide bonds. The first kappa shape index (κ1) is 14.3. The Morgan fingerprint density at radius 1 is 1.39 bits per heavy atom. The Morgan fingerprint density at radius 3 is 2.78 bits per heavy atom. The number of hydrogen-bond donors (Lipinski definition) is 1. The molecule has 2 aliphatic rings. The molecule has 2 saturated heterocycles. The van der Waals surface area contributed by atoms with Gasteiger partial charge in [0.1, 0.15) is 0 Å². The van der Waals surface area contributed by atoms with E-state index in [2.05, 4.69) is 31.0 Å². The van der Waals surface area contributed by atoms with Crippen molar-refractivity contribution >= 4 is 0 Å². The molecule has 0 aromatic heterocycles. The Balaban J connectivity index is 1.89. The molecule has 0 saturated carbocycles. The monoisotopic (exact) mass is 252 g/mol. The van der Waals surface area contributed by atoms with E-state index in [0.717, 1.165) is 11.8 Å². The summed E-state index contributed by atoms with van der Waals surface area (Å²) in [5.41, 5.74) is 0.582. The second-order valence-electron chi connectivity index (χ2n) is 7.06. The van der Waals surface area contributed by atoms with Crippen LogP contribution in [0, 0.1) is 17.3 Å². The van der Waals surface area contributed by atoms with E-state index in [0.29, 0.717) is 5.41 Å². The summed E-state index contributed by atoms with van der Waals surface area (Å²) < 4.78 is 0. The summed E-state index contributed by atoms with van der Waals surface area (Å²) in [6, 6.07) is 0. The molecule has 2 nitrogen and oxygen atoms in total. The minimum absolute atomic E-state index is 0.582. The quantitative estimate of drug-likeness (QED) is 0.808. The zero-order valence-corrected chi connectivity index (χ0v) is 12.7. The smallest absolute Gasteiger partial charge is 0.00503 e. The van der Waals surface area contributed by atoms with E-state index >= 15 is 0 Å². The third kappa shape index (κ3) is 3.48. The lowest BCUT2D eigenvalue weighted by Gasteiger charge is -2.40. The predicted octanol–water partition coefficient (Wildman–Crippen LogP) is 3.13. The number of rotatable bonds is 5. The third-order valence-electron chi connectivity index (χ3n) is 5.15. The molecule has 0 aromatic rings. The van der Waals surface area contributed by atoms with Crippen molar-refractivity contribution in [3.05, 3.63) is 0 Å². The number of nitrogens with one attached hydrogen (secondary N) is 1. The summed E-state index contributed by atoms with van der Waals surface area (Å²) in [5.74, 6) is 1.81. The van der Waals surface area contributed by atoms with Crippen LogP contribution >= 0.6 is 0 Å². The van der Waals surface area contributed by atoms with E-state index in [1.165, 1.54) is 64.8 Å². The molecule has 106 valence electrons. The summed E-state index contributed by atoms with van der Waals surface area (Å²) in [6.45, 7) is 13.6. The topological polar surface area (TPSA) is 15.3 Å². The normalized spacial score (nSPS) is 34.3. The van der Waals surface area contributed by atoms with Gasteiger partial charge < -0.3 is 10.2 Å². The highest BCUT2D eigenvalue weighted by atomic mass is 15.2. The Bertz CT molecular complexity index is 238. The van der Waals surface area contributed by atoms with Crippen LogP contribution in [0.5, 0.6) is 0 Å². The highest BCUT2D eigenvalue weighted by Crippen LogP contribution is 2.35. The minimum Gasteiger partial charge on any atom is -0.316 e. The van der Waals surface area contributed by atoms with Crippen LogP contribution in [0.1, 0.15) is 52.9 Å². The maximum absolute atomic E-state index is 3.64. The van der Waals surface area contributed by atoms with Gasteiger partial charge in [-0.25, -0.2) is 0 Å². The Morgan fingerprint density at radius 2 is 2.22 bits per heavy atom. The van der Waals surface area contributed by atoms with Gasteiger partial charge in [0, 0.05) is 19.6 Å². The fraction of sp³-hybridized carbons (Fsp3) is 1.00. The maximum Gasteiger partial charge on any atom is 0.00503 e. The van der Waals surface area contributed by atoms with Gasteiger partial charge in [0.15, 0.2) is 0 Å². The molecule has 2 rings (SSSR count). The highest BCUT2D eigenvalue weighted by molar-refractivity contribution is 4.90. The van der Waals surface area contributed by atoms with Crippen LogP contribution in [0.4, 0.5) is 0 Å². The van der Waals surface area contributed by atoms with E-state index in [-0.39, 0.29) is 0 Å². The van der Waals surface area contributed by atoms with E-state index in [1.54, 1.807) is 0 Å². The van der Waals surface area contributed by atoms with Gasteiger partial charge in [-0.1, -0.05) is 27.2 Å². The average Bonchev–Trinajstić information content (AvgIpc) is 2.79. The van der Waals surface area contributed by atoms with Crippen molar-refractivity contribution in [3.8, 4) is 0 Å². The summed E-state index contributed by atoms with van der Waals surface area (Å²) in [7, 11) is 0. The molecule has 2 heterocycles. The van der Waals surface area contributed by atoms with E-state index < -0.39 is 0 Å². The molecular weight excluding hydrogens is 220 g/mol. The lowest BCUT2D eigenvalue weighted by molar-refractivity contribution is 0.117. The lowest BCUT2D eigenvalue weighted by Crippen LogP contribution is -2.47. The van der Waals surface area contributed by atoms with Gasteiger partial charge >= 0.3 is 0 Å². The second-order valence-corrected chi connectivity index (χ2v) is 7.06. The largest absolute Gasteiger partial charge is 0.316 e. The van der Waals surface area contributed by atoms with Crippen molar-refractivity contribution in [1.29, 1.82) is 0 Å². The molecule has 1 N–H and O–H groups in total. The van der Waals surface area contributed by atoms with Gasteiger partial charge in [0.25, 0.3) is 0 Å². The van der Waals surface area contributed by atoms with Crippen LogP contribution in [0.15, 0.2) is 0 Å². The molecule has 2 unspecified atom stereocenters. The molecule has 0 radical (unpaired) electrons. The minimum atomic E-state index is 0.582. The standard InChI is InChI=1S/C16H32N2/c1-4-7-16(8-5-9-17-12-16)13-18-10-6-15(11-18)14(2)3/h14-15,17H,4-13H2,1-3H3. The van der Waals surface area contributed by atoms with E-state index in [1.807, 2.05) is 0 Å². The van der Waals surface area contributed by atoms with Gasteiger partial charge in [0.2, 0.25) is 0 Å². The van der Waals surface area contributed by atoms with Crippen LogP contribution in [-0.4, -0.2) is 37.6 Å². The zero-order chi connectivity index (χ0) is 13.0. The lowest BCUT2D eigenvalue weighted by atomic mass is 9.76. The summed E-state index contributed by atoms with van der Waals surface area (Å²) in [5, 5.41) is 3.64. The Labute approximate surface area is 114 Å². The molecule has 0 bridgehead atoms. The van der Waals surface area contributed by atoms with Crippen molar-refractivity contribution < 1.29 is 0 Å². The molecule has 0 spiro atoms. The molecule has 2 aliphatic heterocycles. The van der Waals surface area contributed by atoms with Crippen molar-refractivity contribution in [2.75, 3.05) is 32.7 Å². The van der Waals surface area contributed by atoms with Gasteiger partial charge in [0.05, 0.1) is 0 Å². The SMILES string of the molecule is CCCC1(CN2CCC(C(C)C)C2)CCCNC1. The number of hydrogen-bond acceptors (Lipinski definition) is 2. The highest BCUT2D eigenvalue weighted by Gasteiger charge is 2.35. The summed E-state index contributed by atoms with van der Waals surface area (Å²) in [6.07, 6.45) is 6.98. The third-order valence-corrected chi connectivity index (χ3v) is 5.15. The van der Waals surface area contributed by atoms with Crippen LogP contribution in [0.25, 0.3) is 0 Å². The summed E-state index contributed by atoms with van der Waals surface area (Å²) >= 11 is 0. The van der Waals surface area contributed by atoms with Gasteiger partial charge in [-0.05, 0) is 56.0 Å². The Hall–Kier alpha value is -0.0800. The van der Waals surface area contributed by atoms with Crippen LogP contribution in [0.2, 0.25) is 0 Å². The maximum atomic E-state index is 3.64. The number of likely N-dealkylation sites (tertiary alicyclic amines) is 1. The average molecular weight is 252 g/mol. The van der Waals surface area contributed by atoms with Crippen molar-refractivity contribution in [2.45, 2.75) is 52.9 Å². The van der Waals surface area contributed by atoms with Crippen LogP contribution in [-0.2, 0) is 0 Å². The fourth-order valence-corrected chi connectivity index (χ4v) is 4.01. The molecule has 2 heteroatoms. The molecular formula is C16H32N2. The first-order valence-corrected chi connectivity index (χ1v) is 8.08. The van der Waals surface area contributed by atoms with Gasteiger partial charge in [-0.3, -0.25) is 0 Å². The molecule has 2 atom stereocenters. The zero-order valence-electron chi connectivity index (χ0n) is 12.7. The van der Waals surface area contributed by atoms with Gasteiger partial charge in [-0.2, -0.15) is 0 Å². The predicted molar refractivity (Wildman–Crippen MR) is 78.8 cm³/mol. The molecule has 2 fully saturated rings. The van der Waals surface area contributed by atoms with E-state index in [9.17, 15) is 0 Å². The van der Waals surface area contributed by atoms with Crippen molar-refractivity contribution in [2.24, 2.45) is 17.3 Å². The number of nitrogens with zero attached hydrogens (tertiary/aromatic N) is 1. The first-order valence-electron chi connectivity index (χ1n) is 8.08. The summed E-state index contributed by atoms with van der Waals surface area (Å²) in [4.78, 5) is 2.76. The fourth-order valence-electron chi connectivity index (χ4n) is 4.01. The van der Waals surface area contributed by atoms with Crippen LogP contribution < -0.4 is 5.32 Å². The molecule has 0 aliphatic carbocycles. The van der Waals surface area contributed by atoms with Crippen LogP contribution in [0.3, 0.4) is 0 Å². The molecule has 18 heavy (non-hydrogen) atoms. The first-order chi connectivity index (χ1) is 8.65.